The van der Waals surface area contributed by atoms with Crippen LogP contribution in [0.25, 0.3) is 0 Å². The molecular weight excluding hydrogens is 100 g/mol. The van der Waals surface area contributed by atoms with Crippen molar-refractivity contribution < 1.29 is 8.22 Å². The topological polar surface area (TPSA) is 15.3 Å². The summed E-state index contributed by atoms with van der Waals surface area (Å²) in [6.07, 6.45) is 0.525. The van der Waals surface area contributed by atoms with Crippen LogP contribution in [0.1, 0.15) is 14.6 Å². The molecule has 0 fully saturated rings. The molecule has 2 nitrogen and oxygen atoms in total. The third-order valence-electron chi connectivity index (χ3n) is 0.737. The maximum atomic E-state index is 7.04. The first-order valence-electron chi connectivity index (χ1n) is 5.94. The van der Waals surface area contributed by atoms with Crippen molar-refractivity contribution in [2.24, 2.45) is 0 Å². The largest absolute Gasteiger partial charge is 0.320 e. The number of nitrogens with one attached hydrogen (secondary N) is 1. The van der Waals surface area contributed by atoms with Gasteiger partial charge in [0.2, 0.25) is 0 Å². The first-order chi connectivity index (χ1) is 6.45. The van der Waals surface area contributed by atoms with Gasteiger partial charge in [-0.2, -0.15) is 0 Å². The lowest BCUT2D eigenvalue weighted by molar-refractivity contribution is 0.397. The van der Waals surface area contributed by atoms with E-state index < -0.39 is 21.0 Å². The number of hydrogen-bond acceptors (Lipinski definition) is 2. The Morgan fingerprint density at radius 2 is 2.50 bits per heavy atom. The average molecular weight is 122 g/mol. The Hall–Kier alpha value is -0.0800. The van der Waals surface area contributed by atoms with Crippen molar-refractivity contribution in [2.75, 3.05) is 34.1 Å². The van der Waals surface area contributed by atoms with Crippen LogP contribution in [-0.2, 0) is 0 Å². The first kappa shape index (κ1) is 2.27. The molecule has 0 saturated heterocycles. The first-order valence-corrected chi connectivity index (χ1v) is 2.47. The Kier molecular flexibility index (Phi) is 1.44. The van der Waals surface area contributed by atoms with Crippen molar-refractivity contribution >= 4 is 0 Å². The average Bonchev–Trinajstić information content (AvgIpc) is 2.01. The van der Waals surface area contributed by atoms with Crippen LogP contribution in [0.4, 0.5) is 0 Å². The molecule has 0 radical (unpaired) electrons. The fourth-order valence-electron chi connectivity index (χ4n) is 0.364. The molecule has 0 aliphatic carbocycles. The molecule has 0 heterocycles. The fourth-order valence-corrected chi connectivity index (χ4v) is 0.364. The van der Waals surface area contributed by atoms with Gasteiger partial charge >= 0.3 is 0 Å². The summed E-state index contributed by atoms with van der Waals surface area (Å²) in [7, 11) is 0. The molecule has 0 saturated carbocycles. The maximum Gasteiger partial charge on any atom is 0.0394 e. The maximum absolute atomic E-state index is 7.04. The van der Waals surface area contributed by atoms with Gasteiger partial charge in [-0.3, -0.25) is 0 Å². The van der Waals surface area contributed by atoms with Crippen molar-refractivity contribution in [3.05, 3.63) is 0 Å². The highest BCUT2D eigenvalue weighted by Crippen LogP contribution is 1.78. The summed E-state index contributed by atoms with van der Waals surface area (Å²) in [6.45, 7) is -2.98. The van der Waals surface area contributed by atoms with Gasteiger partial charge < -0.3 is 10.2 Å². The van der Waals surface area contributed by atoms with Crippen molar-refractivity contribution in [3.8, 4) is 0 Å². The zero-order valence-electron chi connectivity index (χ0n) is 10.8. The second kappa shape index (κ2) is 5.06. The predicted molar refractivity (Wildman–Crippen MR) is 37.1 cm³/mol. The second-order valence-electron chi connectivity index (χ2n) is 1.55. The van der Waals surface area contributed by atoms with Crippen molar-refractivity contribution in [1.29, 1.82) is 0 Å². The van der Waals surface area contributed by atoms with Crippen LogP contribution < -0.4 is 5.32 Å². The minimum absolute atomic E-state index is 0.287. The lowest BCUT2D eigenvalue weighted by Gasteiger charge is -2.07. The lowest BCUT2D eigenvalue weighted by atomic mass is 10.4. The smallest absolute Gasteiger partial charge is 0.0394 e. The standard InChI is InChI=1S/C6H16N2/c1-7-5-4-6-8(2)3/h7H,4-6H2,1-3H3/i1D2,2D2,3D2. The van der Waals surface area contributed by atoms with E-state index in [1.165, 1.54) is 0 Å². The van der Waals surface area contributed by atoms with Crippen LogP contribution in [-0.4, -0.2) is 39.0 Å². The van der Waals surface area contributed by atoms with E-state index in [1.54, 1.807) is 0 Å². The van der Waals surface area contributed by atoms with Gasteiger partial charge in [0.25, 0.3) is 0 Å². The van der Waals surface area contributed by atoms with Crippen LogP contribution in [0.5, 0.6) is 0 Å². The molecule has 0 unspecified atom stereocenters. The second-order valence-corrected chi connectivity index (χ2v) is 1.55. The van der Waals surface area contributed by atoms with Crippen LogP contribution >= 0.6 is 0 Å². The van der Waals surface area contributed by atoms with Gasteiger partial charge in [0.05, 0.1) is 0 Å². The Morgan fingerprint density at radius 1 is 1.62 bits per heavy atom. The summed E-state index contributed by atoms with van der Waals surface area (Å²) in [6, 6.07) is 0. The van der Waals surface area contributed by atoms with E-state index in [-0.39, 0.29) is 6.54 Å². The molecule has 0 aromatic carbocycles. The van der Waals surface area contributed by atoms with Gasteiger partial charge in [-0.05, 0) is 40.5 Å². The van der Waals surface area contributed by atoms with Crippen molar-refractivity contribution in [2.45, 2.75) is 6.42 Å². The molecule has 8 heavy (non-hydrogen) atoms. The van der Waals surface area contributed by atoms with Gasteiger partial charge in [0, 0.05) is 8.22 Å². The molecular formula is C6H16N2. The van der Waals surface area contributed by atoms with E-state index in [0.717, 1.165) is 4.90 Å². The molecule has 0 bridgehead atoms. The normalized spacial score (nSPS) is 22.5. The zero-order valence-corrected chi connectivity index (χ0v) is 4.80. The molecule has 0 rings (SSSR count). The quantitative estimate of drug-likeness (QED) is 0.534. The summed E-state index contributed by atoms with van der Waals surface area (Å²) in [4.78, 5) is 1.09. The number of nitrogens with zero attached hydrogens (tertiary/aromatic N) is 1. The summed E-state index contributed by atoms with van der Waals surface area (Å²) in [5.74, 6) is 0. The lowest BCUT2D eigenvalue weighted by Crippen LogP contribution is -2.18. The molecule has 1 N–H and O–H groups in total. The highest BCUT2D eigenvalue weighted by Gasteiger charge is 1.85. The van der Waals surface area contributed by atoms with Gasteiger partial charge in [-0.25, -0.2) is 0 Å². The summed E-state index contributed by atoms with van der Waals surface area (Å²) in [5.41, 5.74) is 0. The molecule has 0 aliphatic rings. The van der Waals surface area contributed by atoms with Crippen LogP contribution in [0.15, 0.2) is 0 Å². The molecule has 2 heteroatoms. The fraction of sp³-hybridized carbons (Fsp3) is 1.00. The third-order valence-corrected chi connectivity index (χ3v) is 0.737. The molecule has 50 valence electrons. The Balaban J connectivity index is 3.62. The SMILES string of the molecule is [2H]C([2H])NCCCN(C([2H])[2H])C([2H])[2H]. The van der Waals surface area contributed by atoms with E-state index in [9.17, 15) is 0 Å². The number of rotatable bonds is 4. The third kappa shape index (κ3) is 5.92. The molecule has 0 aromatic rings. The van der Waals surface area contributed by atoms with Gasteiger partial charge in [-0.1, -0.05) is 0 Å². The van der Waals surface area contributed by atoms with Gasteiger partial charge in [0.1, 0.15) is 0 Å². The van der Waals surface area contributed by atoms with E-state index in [0.29, 0.717) is 13.0 Å². The van der Waals surface area contributed by atoms with Gasteiger partial charge in [-0.15, -0.1) is 0 Å². The molecule has 0 aromatic heterocycles. The Labute approximate surface area is 60.3 Å². The van der Waals surface area contributed by atoms with E-state index in [1.807, 2.05) is 0 Å². The number of hydrogen-bond donors (Lipinski definition) is 1. The molecule has 0 aliphatic heterocycles. The summed E-state index contributed by atoms with van der Waals surface area (Å²) >= 11 is 0. The van der Waals surface area contributed by atoms with Crippen molar-refractivity contribution in [1.82, 2.24) is 10.2 Å². The minimum atomic E-state index is -1.31. The Morgan fingerprint density at radius 3 is 3.12 bits per heavy atom. The van der Waals surface area contributed by atoms with E-state index >= 15 is 0 Å². The monoisotopic (exact) mass is 122 g/mol. The van der Waals surface area contributed by atoms with E-state index in [2.05, 4.69) is 5.32 Å². The van der Waals surface area contributed by atoms with Crippen molar-refractivity contribution in [3.63, 3.8) is 0 Å². The highest BCUT2D eigenvalue weighted by atomic mass is 15.0. The van der Waals surface area contributed by atoms with E-state index in [4.69, 9.17) is 8.22 Å². The zero-order chi connectivity index (χ0) is 11.1. The van der Waals surface area contributed by atoms with Gasteiger partial charge in [0.15, 0.2) is 0 Å². The molecule has 0 amide bonds. The Bertz CT molecular complexity index is 134. The highest BCUT2D eigenvalue weighted by molar-refractivity contribution is 4.44. The summed E-state index contributed by atoms with van der Waals surface area (Å²) in [5, 5.41) is 2.54. The minimum Gasteiger partial charge on any atom is -0.320 e. The van der Waals surface area contributed by atoms with Crippen LogP contribution in [0.3, 0.4) is 0 Å². The summed E-state index contributed by atoms with van der Waals surface area (Å²) < 4.78 is 41.8. The predicted octanol–water partition coefficient (Wildman–Crippen LogP) is 0.157. The van der Waals surface area contributed by atoms with Crippen LogP contribution in [0.2, 0.25) is 0 Å². The van der Waals surface area contributed by atoms with Crippen LogP contribution in [0, 0.1) is 0 Å². The molecule has 0 spiro atoms. The molecule has 0 atom stereocenters.